The molecule has 1 aromatic heterocycles. The van der Waals surface area contributed by atoms with Crippen LogP contribution in [0.3, 0.4) is 0 Å². The van der Waals surface area contributed by atoms with Crippen LogP contribution in [0.4, 0.5) is 0 Å². The predicted octanol–water partition coefficient (Wildman–Crippen LogP) is 0.0615. The summed E-state index contributed by atoms with van der Waals surface area (Å²) in [5.74, 6) is -4.77. The topological polar surface area (TPSA) is 138 Å². The van der Waals surface area contributed by atoms with Crippen molar-refractivity contribution in [3.05, 3.63) is 59.5 Å². The molecule has 0 spiro atoms. The number of furan rings is 1. The van der Waals surface area contributed by atoms with E-state index < -0.39 is 59.6 Å². The van der Waals surface area contributed by atoms with Crippen molar-refractivity contribution in [2.45, 2.75) is 24.9 Å². The normalized spacial score (nSPS) is 27.1. The van der Waals surface area contributed by atoms with Gasteiger partial charge in [-0.15, -0.1) is 0 Å². The second-order valence-corrected chi connectivity index (χ2v) is 9.54. The summed E-state index contributed by atoms with van der Waals surface area (Å²) in [4.78, 5) is 71.1. The monoisotopic (exact) mass is 509 g/mol. The summed E-state index contributed by atoms with van der Waals surface area (Å²) in [5.41, 5.74) is -1.08. The van der Waals surface area contributed by atoms with Crippen LogP contribution < -0.4 is 0 Å². The average molecular weight is 510 g/mol. The molecule has 11 nitrogen and oxygen atoms in total. The molecule has 3 saturated heterocycles. The van der Waals surface area contributed by atoms with E-state index in [0.717, 1.165) is 12.0 Å². The molecule has 37 heavy (non-hydrogen) atoms. The number of carbonyl (C=O) groups is 5. The van der Waals surface area contributed by atoms with Crippen molar-refractivity contribution in [3.63, 3.8) is 0 Å². The zero-order valence-corrected chi connectivity index (χ0v) is 20.5. The lowest BCUT2D eigenvalue weighted by molar-refractivity contribution is -0.170. The quantitative estimate of drug-likeness (QED) is 0.409. The van der Waals surface area contributed by atoms with Gasteiger partial charge in [0, 0.05) is 13.0 Å². The number of esters is 1. The van der Waals surface area contributed by atoms with Gasteiger partial charge in [-0.2, -0.15) is 0 Å². The Balaban J connectivity index is 1.74. The summed E-state index contributed by atoms with van der Waals surface area (Å²) >= 11 is 0. The molecule has 4 heterocycles. The largest absolute Gasteiger partial charge is 0.468 e. The summed E-state index contributed by atoms with van der Waals surface area (Å²) < 4.78 is 10.6. The first-order valence-electron chi connectivity index (χ1n) is 12.0. The number of hydrogen-bond donors (Lipinski definition) is 1. The van der Waals surface area contributed by atoms with Crippen molar-refractivity contribution in [2.75, 3.05) is 33.4 Å². The number of β-amino-alcohol motifs (C(OH)–C–C–N with tert-alkyl or cyclic N) is 1. The Hall–Kier alpha value is -3.99. The van der Waals surface area contributed by atoms with Crippen molar-refractivity contribution in [2.24, 2.45) is 11.8 Å². The number of aliphatic hydroxyl groups excluding tert-OH is 1. The van der Waals surface area contributed by atoms with Crippen LogP contribution in [0.1, 0.15) is 23.1 Å². The van der Waals surface area contributed by atoms with Gasteiger partial charge in [0.05, 0.1) is 32.1 Å². The number of ether oxygens (including phenoxy) is 1. The van der Waals surface area contributed by atoms with E-state index in [1.807, 2.05) is 0 Å². The Labute approximate surface area is 212 Å². The molecule has 3 unspecified atom stereocenters. The summed E-state index contributed by atoms with van der Waals surface area (Å²) in [6.45, 7) is 0.320. The molecular weight excluding hydrogens is 482 g/mol. The van der Waals surface area contributed by atoms with E-state index in [4.69, 9.17) is 4.42 Å². The zero-order chi connectivity index (χ0) is 26.5. The first-order valence-corrected chi connectivity index (χ1v) is 12.0. The molecule has 3 aliphatic rings. The lowest BCUT2D eigenvalue weighted by Gasteiger charge is -2.48. The maximum absolute atomic E-state index is 14.2. The van der Waals surface area contributed by atoms with Gasteiger partial charge >= 0.3 is 5.97 Å². The van der Waals surface area contributed by atoms with E-state index in [2.05, 4.69) is 4.74 Å². The molecule has 3 aliphatic heterocycles. The highest BCUT2D eigenvalue weighted by atomic mass is 16.5. The van der Waals surface area contributed by atoms with E-state index in [0.29, 0.717) is 11.3 Å². The highest BCUT2D eigenvalue weighted by Crippen LogP contribution is 2.58. The number of aryl methyl sites for hydroxylation is 1. The lowest BCUT2D eigenvalue weighted by atomic mass is 9.74. The van der Waals surface area contributed by atoms with Crippen LogP contribution in [0.15, 0.2) is 46.9 Å². The van der Waals surface area contributed by atoms with Gasteiger partial charge in [-0.3, -0.25) is 28.9 Å². The Morgan fingerprint density at radius 3 is 2.46 bits per heavy atom. The molecule has 3 fully saturated rings. The summed E-state index contributed by atoms with van der Waals surface area (Å²) in [6, 6.07) is 11.2. The molecule has 0 radical (unpaired) electrons. The van der Waals surface area contributed by atoms with Gasteiger partial charge in [0.2, 0.25) is 23.6 Å². The first kappa shape index (κ1) is 24.7. The van der Waals surface area contributed by atoms with Crippen LogP contribution in [0, 0.1) is 18.8 Å². The molecular formula is C26H27N3O8. The van der Waals surface area contributed by atoms with Crippen LogP contribution in [0.25, 0.3) is 0 Å². The Morgan fingerprint density at radius 1 is 1.11 bits per heavy atom. The Morgan fingerprint density at radius 2 is 1.84 bits per heavy atom. The first-order chi connectivity index (χ1) is 17.7. The number of aliphatic hydroxyl groups is 1. The highest BCUT2D eigenvalue weighted by Gasteiger charge is 2.75. The fraction of sp³-hybridized carbons (Fsp3) is 0.423. The number of imide groups is 1. The van der Waals surface area contributed by atoms with Crippen molar-refractivity contribution < 1.29 is 38.2 Å². The summed E-state index contributed by atoms with van der Waals surface area (Å²) in [7, 11) is 1.15. The Kier molecular flexibility index (Phi) is 6.10. The van der Waals surface area contributed by atoms with Gasteiger partial charge in [-0.05, 0) is 24.6 Å². The number of amides is 4. The molecule has 11 heteroatoms. The zero-order valence-electron chi connectivity index (χ0n) is 20.5. The SMILES string of the molecule is COC(=O)CN1C(=O)C2C(c3ccc(C)o3)N3C(=O)CN(CCO)C(=O)[C@@]3(Cc3ccccc3)C2C1=O. The molecule has 0 aliphatic carbocycles. The number of carbonyl (C=O) groups excluding carboxylic acids is 5. The van der Waals surface area contributed by atoms with E-state index in [1.54, 1.807) is 49.4 Å². The number of fused-ring (bicyclic) bond motifs is 3. The molecule has 0 saturated carbocycles. The van der Waals surface area contributed by atoms with Crippen LogP contribution >= 0.6 is 0 Å². The lowest BCUT2D eigenvalue weighted by Crippen LogP contribution is -2.70. The average Bonchev–Trinajstić information content (AvgIpc) is 3.51. The second kappa shape index (κ2) is 9.15. The van der Waals surface area contributed by atoms with E-state index in [-0.39, 0.29) is 31.9 Å². The smallest absolute Gasteiger partial charge is 0.325 e. The van der Waals surface area contributed by atoms with Crippen LogP contribution in [-0.4, -0.2) is 88.3 Å². The number of likely N-dealkylation sites (tertiary alicyclic amines) is 1. The van der Waals surface area contributed by atoms with Gasteiger partial charge < -0.3 is 24.1 Å². The second-order valence-electron chi connectivity index (χ2n) is 9.54. The summed E-state index contributed by atoms with van der Waals surface area (Å²) in [6.07, 6.45) is -0.0389. The summed E-state index contributed by atoms with van der Waals surface area (Å²) in [5, 5.41) is 9.60. The minimum atomic E-state index is -1.76. The highest BCUT2D eigenvalue weighted by molar-refractivity contribution is 6.13. The minimum Gasteiger partial charge on any atom is -0.468 e. The molecule has 1 aromatic carbocycles. The van der Waals surface area contributed by atoms with E-state index >= 15 is 0 Å². The van der Waals surface area contributed by atoms with Gasteiger partial charge in [0.1, 0.15) is 29.6 Å². The van der Waals surface area contributed by atoms with Crippen LogP contribution in [0.5, 0.6) is 0 Å². The molecule has 4 amide bonds. The third-order valence-corrected chi connectivity index (χ3v) is 7.51. The van der Waals surface area contributed by atoms with E-state index in [1.165, 1.54) is 9.80 Å². The number of rotatable bonds is 7. The molecule has 1 N–H and O–H groups in total. The van der Waals surface area contributed by atoms with Crippen LogP contribution in [0.2, 0.25) is 0 Å². The van der Waals surface area contributed by atoms with Gasteiger partial charge in [0.25, 0.3) is 0 Å². The minimum absolute atomic E-state index is 0.0389. The number of hydrogen-bond acceptors (Lipinski definition) is 8. The van der Waals surface area contributed by atoms with Gasteiger partial charge in [-0.25, -0.2) is 0 Å². The standard InChI is InChI=1S/C26H27N3O8/c1-15-8-9-17(37-15)22-20-21(24(34)28(23(20)33)14-19(32)36-2)26(12-16-6-4-3-5-7-16)25(35)27(10-11-30)13-18(31)29(22)26/h3-9,20-22,30H,10-14H2,1-2H3/t20?,21?,22?,26-/m1/s1. The molecule has 0 bridgehead atoms. The third kappa shape index (κ3) is 3.64. The van der Waals surface area contributed by atoms with Gasteiger partial charge in [-0.1, -0.05) is 30.3 Å². The van der Waals surface area contributed by atoms with E-state index in [9.17, 15) is 29.1 Å². The van der Waals surface area contributed by atoms with Crippen LogP contribution in [-0.2, 0) is 35.1 Å². The molecule has 5 rings (SSSR count). The number of piperazine rings is 1. The van der Waals surface area contributed by atoms with Gasteiger partial charge in [0.15, 0.2) is 0 Å². The molecule has 194 valence electrons. The fourth-order valence-corrected chi connectivity index (χ4v) is 6.07. The maximum Gasteiger partial charge on any atom is 0.325 e. The Bertz CT molecular complexity index is 1270. The molecule has 4 atom stereocenters. The van der Waals surface area contributed by atoms with Crippen molar-refractivity contribution in [1.82, 2.24) is 14.7 Å². The number of nitrogens with zero attached hydrogens (tertiary/aromatic N) is 3. The fourth-order valence-electron chi connectivity index (χ4n) is 6.07. The maximum atomic E-state index is 14.2. The number of methoxy groups -OCH3 is 1. The van der Waals surface area contributed by atoms with Crippen molar-refractivity contribution in [1.29, 1.82) is 0 Å². The predicted molar refractivity (Wildman–Crippen MR) is 125 cm³/mol. The van der Waals surface area contributed by atoms with Crippen molar-refractivity contribution in [3.8, 4) is 0 Å². The van der Waals surface area contributed by atoms with Crippen molar-refractivity contribution >= 4 is 29.6 Å². The number of benzene rings is 1. The molecule has 2 aromatic rings. The third-order valence-electron chi connectivity index (χ3n) is 7.51.